The van der Waals surface area contributed by atoms with E-state index >= 15 is 0 Å². The second kappa shape index (κ2) is 6.70. The molecule has 0 aliphatic heterocycles. The van der Waals surface area contributed by atoms with E-state index in [2.05, 4.69) is 50.8 Å². The van der Waals surface area contributed by atoms with E-state index in [0.29, 0.717) is 0 Å². The van der Waals surface area contributed by atoms with Crippen LogP contribution < -0.4 is 0 Å². The molecule has 0 heterocycles. The first kappa shape index (κ1) is 13.2. The summed E-state index contributed by atoms with van der Waals surface area (Å²) >= 11 is 0. The van der Waals surface area contributed by atoms with Gasteiger partial charge in [-0.15, -0.1) is 0 Å². The summed E-state index contributed by atoms with van der Waals surface area (Å²) in [5.41, 5.74) is 4.48. The first-order valence-corrected chi connectivity index (χ1v) is 6.58. The lowest BCUT2D eigenvalue weighted by atomic mass is 10.0. The summed E-state index contributed by atoms with van der Waals surface area (Å²) in [4.78, 5) is 2.47. The normalized spacial score (nSPS) is 11.1. The van der Waals surface area contributed by atoms with E-state index in [0.717, 1.165) is 32.5 Å². The molecule has 0 aromatic heterocycles. The van der Waals surface area contributed by atoms with Crippen molar-refractivity contribution < 1.29 is 0 Å². The molecule has 1 rings (SSSR count). The first-order chi connectivity index (χ1) is 7.74. The number of hydrogen-bond donors (Lipinski definition) is 0. The Morgan fingerprint density at radius 1 is 0.875 bits per heavy atom. The second-order valence-electron chi connectivity index (χ2n) is 4.27. The zero-order valence-electron chi connectivity index (χ0n) is 11.2. The highest BCUT2D eigenvalue weighted by molar-refractivity contribution is 5.32. The van der Waals surface area contributed by atoms with Crippen molar-refractivity contribution in [1.29, 1.82) is 0 Å². The fourth-order valence-electron chi connectivity index (χ4n) is 2.07. The predicted octanol–water partition coefficient (Wildman–Crippen LogP) is 3.65. The third-order valence-corrected chi connectivity index (χ3v) is 3.35. The molecular formula is C15H25N. The standard InChI is InChI=1S/C15H25N/c1-5-13-9-10-15(14(6-2)11-13)12-16(7-3)8-4/h9-11H,5-8,12H2,1-4H3. The first-order valence-electron chi connectivity index (χ1n) is 6.58. The minimum atomic E-state index is 1.10. The Labute approximate surface area is 100 Å². The summed E-state index contributed by atoms with van der Waals surface area (Å²) in [6.07, 6.45) is 2.28. The number of aryl methyl sites for hydroxylation is 2. The summed E-state index contributed by atoms with van der Waals surface area (Å²) in [5, 5.41) is 0. The minimum absolute atomic E-state index is 1.10. The van der Waals surface area contributed by atoms with Crippen LogP contribution in [0.3, 0.4) is 0 Å². The van der Waals surface area contributed by atoms with Crippen molar-refractivity contribution in [2.45, 2.75) is 47.1 Å². The van der Waals surface area contributed by atoms with E-state index in [-0.39, 0.29) is 0 Å². The van der Waals surface area contributed by atoms with Gasteiger partial charge in [-0.2, -0.15) is 0 Å². The van der Waals surface area contributed by atoms with E-state index in [4.69, 9.17) is 0 Å². The van der Waals surface area contributed by atoms with Crippen molar-refractivity contribution in [1.82, 2.24) is 4.90 Å². The maximum absolute atomic E-state index is 2.47. The highest BCUT2D eigenvalue weighted by atomic mass is 15.1. The number of hydrogen-bond acceptors (Lipinski definition) is 1. The van der Waals surface area contributed by atoms with Gasteiger partial charge in [0, 0.05) is 6.54 Å². The van der Waals surface area contributed by atoms with Gasteiger partial charge in [-0.3, -0.25) is 4.90 Å². The molecule has 0 N–H and O–H groups in total. The quantitative estimate of drug-likeness (QED) is 0.706. The SMILES string of the molecule is CCc1ccc(CN(CC)CC)c(CC)c1. The van der Waals surface area contributed by atoms with Crippen molar-refractivity contribution in [3.8, 4) is 0 Å². The van der Waals surface area contributed by atoms with E-state index in [1.807, 2.05) is 0 Å². The molecule has 0 bridgehead atoms. The van der Waals surface area contributed by atoms with Crippen LogP contribution in [0, 0.1) is 0 Å². The van der Waals surface area contributed by atoms with Gasteiger partial charge in [-0.1, -0.05) is 45.9 Å². The van der Waals surface area contributed by atoms with Gasteiger partial charge in [-0.05, 0) is 42.6 Å². The van der Waals surface area contributed by atoms with Crippen LogP contribution in [0.5, 0.6) is 0 Å². The van der Waals surface area contributed by atoms with E-state index in [1.165, 1.54) is 16.7 Å². The molecule has 0 atom stereocenters. The van der Waals surface area contributed by atoms with E-state index < -0.39 is 0 Å². The van der Waals surface area contributed by atoms with Crippen molar-refractivity contribution in [3.05, 3.63) is 34.9 Å². The van der Waals surface area contributed by atoms with Crippen LogP contribution >= 0.6 is 0 Å². The zero-order chi connectivity index (χ0) is 12.0. The van der Waals surface area contributed by atoms with Crippen LogP contribution in [0.4, 0.5) is 0 Å². The van der Waals surface area contributed by atoms with Crippen LogP contribution in [0.25, 0.3) is 0 Å². The molecule has 16 heavy (non-hydrogen) atoms. The van der Waals surface area contributed by atoms with Gasteiger partial charge in [-0.25, -0.2) is 0 Å². The average molecular weight is 219 g/mol. The molecule has 0 saturated heterocycles. The molecule has 1 aromatic carbocycles. The maximum Gasteiger partial charge on any atom is 0.0236 e. The number of rotatable bonds is 6. The minimum Gasteiger partial charge on any atom is -0.300 e. The van der Waals surface area contributed by atoms with Crippen LogP contribution in [-0.4, -0.2) is 18.0 Å². The van der Waals surface area contributed by atoms with Gasteiger partial charge in [0.05, 0.1) is 0 Å². The molecule has 0 aliphatic rings. The Morgan fingerprint density at radius 2 is 1.56 bits per heavy atom. The van der Waals surface area contributed by atoms with Gasteiger partial charge < -0.3 is 0 Å². The van der Waals surface area contributed by atoms with Crippen LogP contribution in [0.2, 0.25) is 0 Å². The molecule has 1 heteroatoms. The molecule has 0 spiro atoms. The Morgan fingerprint density at radius 3 is 2.06 bits per heavy atom. The van der Waals surface area contributed by atoms with Gasteiger partial charge in [0.1, 0.15) is 0 Å². The second-order valence-corrected chi connectivity index (χ2v) is 4.27. The number of nitrogens with zero attached hydrogens (tertiary/aromatic N) is 1. The summed E-state index contributed by atoms with van der Waals surface area (Å²) in [5.74, 6) is 0. The topological polar surface area (TPSA) is 3.24 Å². The molecule has 0 radical (unpaired) electrons. The smallest absolute Gasteiger partial charge is 0.0236 e. The largest absolute Gasteiger partial charge is 0.300 e. The van der Waals surface area contributed by atoms with Crippen molar-refractivity contribution in [2.24, 2.45) is 0 Å². The van der Waals surface area contributed by atoms with Crippen molar-refractivity contribution in [2.75, 3.05) is 13.1 Å². The average Bonchev–Trinajstić information content (AvgIpc) is 2.35. The van der Waals surface area contributed by atoms with Gasteiger partial charge in [0.25, 0.3) is 0 Å². The monoisotopic (exact) mass is 219 g/mol. The third kappa shape index (κ3) is 3.34. The molecule has 0 amide bonds. The molecule has 1 nitrogen and oxygen atoms in total. The molecule has 90 valence electrons. The highest BCUT2D eigenvalue weighted by Gasteiger charge is 2.05. The van der Waals surface area contributed by atoms with E-state index in [9.17, 15) is 0 Å². The lowest BCUT2D eigenvalue weighted by Gasteiger charge is -2.20. The van der Waals surface area contributed by atoms with Gasteiger partial charge >= 0.3 is 0 Å². The lowest BCUT2D eigenvalue weighted by Crippen LogP contribution is -2.22. The molecule has 0 aliphatic carbocycles. The Balaban J connectivity index is 2.86. The number of benzene rings is 1. The van der Waals surface area contributed by atoms with Crippen LogP contribution in [-0.2, 0) is 19.4 Å². The van der Waals surface area contributed by atoms with Gasteiger partial charge in [0.2, 0.25) is 0 Å². The Kier molecular flexibility index (Phi) is 5.54. The Bertz CT molecular complexity index is 313. The molecule has 1 aromatic rings. The highest BCUT2D eigenvalue weighted by Crippen LogP contribution is 2.15. The fourth-order valence-corrected chi connectivity index (χ4v) is 2.07. The molecule has 0 saturated carbocycles. The maximum atomic E-state index is 2.47. The predicted molar refractivity (Wildman–Crippen MR) is 71.8 cm³/mol. The third-order valence-electron chi connectivity index (χ3n) is 3.35. The molecular weight excluding hydrogens is 194 g/mol. The van der Waals surface area contributed by atoms with Gasteiger partial charge in [0.15, 0.2) is 0 Å². The molecule has 0 unspecified atom stereocenters. The molecule has 0 fully saturated rings. The zero-order valence-corrected chi connectivity index (χ0v) is 11.2. The van der Waals surface area contributed by atoms with Crippen LogP contribution in [0.15, 0.2) is 18.2 Å². The summed E-state index contributed by atoms with van der Waals surface area (Å²) in [7, 11) is 0. The fraction of sp³-hybridized carbons (Fsp3) is 0.600. The lowest BCUT2D eigenvalue weighted by molar-refractivity contribution is 0.295. The summed E-state index contributed by atoms with van der Waals surface area (Å²) in [6, 6.07) is 6.97. The summed E-state index contributed by atoms with van der Waals surface area (Å²) < 4.78 is 0. The van der Waals surface area contributed by atoms with Crippen molar-refractivity contribution >= 4 is 0 Å². The summed E-state index contributed by atoms with van der Waals surface area (Å²) in [6.45, 7) is 12.3. The van der Waals surface area contributed by atoms with Crippen LogP contribution in [0.1, 0.15) is 44.4 Å². The van der Waals surface area contributed by atoms with Crippen molar-refractivity contribution in [3.63, 3.8) is 0 Å². The van der Waals surface area contributed by atoms with E-state index in [1.54, 1.807) is 0 Å². The Hall–Kier alpha value is -0.820.